The Balaban J connectivity index is 3.01. The van der Waals surface area contributed by atoms with Gasteiger partial charge in [-0.15, -0.1) is 0 Å². The molecule has 74 valence electrons. The maximum atomic E-state index is 4.97. The van der Waals surface area contributed by atoms with Crippen molar-refractivity contribution in [1.82, 2.24) is 5.32 Å². The van der Waals surface area contributed by atoms with E-state index in [1.54, 1.807) is 7.11 Å². The minimum absolute atomic E-state index is 0.265. The molecule has 0 aromatic carbocycles. The highest BCUT2D eigenvalue weighted by atomic mass is 16.5. The lowest BCUT2D eigenvalue weighted by atomic mass is 10.1. The van der Waals surface area contributed by atoms with Crippen LogP contribution < -0.4 is 5.32 Å². The fourth-order valence-corrected chi connectivity index (χ4v) is 1.01. The largest absolute Gasteiger partial charge is 0.385 e. The van der Waals surface area contributed by atoms with E-state index in [1.165, 1.54) is 19.3 Å². The monoisotopic (exact) mass is 173 g/mol. The first-order chi connectivity index (χ1) is 5.56. The molecule has 0 saturated carbocycles. The predicted octanol–water partition coefficient (Wildman–Crippen LogP) is 2.19. The number of unbranched alkanes of at least 4 members (excludes halogenated alkanes) is 2. The minimum Gasteiger partial charge on any atom is -0.385 e. The highest BCUT2D eigenvalue weighted by Crippen LogP contribution is 2.00. The molecule has 0 aliphatic carbocycles. The first-order valence-electron chi connectivity index (χ1n) is 4.80. The van der Waals surface area contributed by atoms with Crippen LogP contribution in [0.25, 0.3) is 0 Å². The summed E-state index contributed by atoms with van der Waals surface area (Å²) in [6, 6.07) is 0. The van der Waals surface area contributed by atoms with Crippen LogP contribution in [0.15, 0.2) is 0 Å². The van der Waals surface area contributed by atoms with Gasteiger partial charge in [-0.2, -0.15) is 0 Å². The van der Waals surface area contributed by atoms with Crippen LogP contribution in [0, 0.1) is 0 Å². The number of ether oxygens (including phenoxy) is 1. The summed E-state index contributed by atoms with van der Waals surface area (Å²) in [6.07, 6.45) is 3.69. The van der Waals surface area contributed by atoms with E-state index in [0.717, 1.165) is 13.2 Å². The van der Waals surface area contributed by atoms with Crippen molar-refractivity contribution in [2.75, 3.05) is 20.3 Å². The number of rotatable bonds is 6. The van der Waals surface area contributed by atoms with Crippen LogP contribution in [-0.2, 0) is 4.74 Å². The average molecular weight is 173 g/mol. The fraction of sp³-hybridized carbons (Fsp3) is 1.00. The highest BCUT2D eigenvalue weighted by Gasteiger charge is 2.06. The zero-order valence-electron chi connectivity index (χ0n) is 8.94. The Hall–Kier alpha value is -0.0800. The van der Waals surface area contributed by atoms with Crippen molar-refractivity contribution in [3.8, 4) is 0 Å². The van der Waals surface area contributed by atoms with Crippen molar-refractivity contribution < 1.29 is 4.74 Å². The van der Waals surface area contributed by atoms with Gasteiger partial charge in [0.1, 0.15) is 0 Å². The Morgan fingerprint density at radius 2 is 1.75 bits per heavy atom. The smallest absolute Gasteiger partial charge is 0.0462 e. The van der Waals surface area contributed by atoms with Crippen molar-refractivity contribution in [3.05, 3.63) is 0 Å². The molecule has 2 heteroatoms. The summed E-state index contributed by atoms with van der Waals surface area (Å²) in [5, 5.41) is 3.46. The van der Waals surface area contributed by atoms with Gasteiger partial charge in [-0.1, -0.05) is 0 Å². The zero-order chi connectivity index (χ0) is 9.45. The van der Waals surface area contributed by atoms with Gasteiger partial charge in [-0.05, 0) is 46.6 Å². The SMILES string of the molecule is COCCCCCNC(C)(C)C. The molecule has 0 aromatic heterocycles. The zero-order valence-corrected chi connectivity index (χ0v) is 8.94. The lowest BCUT2D eigenvalue weighted by molar-refractivity contribution is 0.192. The maximum absolute atomic E-state index is 4.97. The Bertz CT molecular complexity index is 96.5. The Kier molecular flexibility index (Phi) is 6.39. The molecule has 0 fully saturated rings. The van der Waals surface area contributed by atoms with Gasteiger partial charge in [-0.25, -0.2) is 0 Å². The van der Waals surface area contributed by atoms with Crippen molar-refractivity contribution in [3.63, 3.8) is 0 Å². The number of nitrogens with one attached hydrogen (secondary N) is 1. The lowest BCUT2D eigenvalue weighted by Crippen LogP contribution is -2.36. The van der Waals surface area contributed by atoms with E-state index in [1.807, 2.05) is 0 Å². The van der Waals surface area contributed by atoms with Crippen LogP contribution >= 0.6 is 0 Å². The van der Waals surface area contributed by atoms with Gasteiger partial charge in [0.15, 0.2) is 0 Å². The second kappa shape index (κ2) is 6.44. The molecule has 0 radical (unpaired) electrons. The van der Waals surface area contributed by atoms with Crippen molar-refractivity contribution in [1.29, 1.82) is 0 Å². The standard InChI is InChI=1S/C10H23NO/c1-10(2,3)11-8-6-5-7-9-12-4/h11H,5-9H2,1-4H3. The van der Waals surface area contributed by atoms with Crippen LogP contribution in [0.1, 0.15) is 40.0 Å². The van der Waals surface area contributed by atoms with Crippen molar-refractivity contribution >= 4 is 0 Å². The van der Waals surface area contributed by atoms with Gasteiger partial charge in [-0.3, -0.25) is 0 Å². The van der Waals surface area contributed by atoms with E-state index >= 15 is 0 Å². The highest BCUT2D eigenvalue weighted by molar-refractivity contribution is 4.69. The lowest BCUT2D eigenvalue weighted by Gasteiger charge is -2.20. The number of hydrogen-bond donors (Lipinski definition) is 1. The van der Waals surface area contributed by atoms with E-state index in [2.05, 4.69) is 26.1 Å². The quantitative estimate of drug-likeness (QED) is 0.622. The average Bonchev–Trinajstić information content (AvgIpc) is 1.94. The van der Waals surface area contributed by atoms with Gasteiger partial charge >= 0.3 is 0 Å². The Morgan fingerprint density at radius 1 is 1.08 bits per heavy atom. The molecule has 0 rings (SSSR count). The Morgan fingerprint density at radius 3 is 2.25 bits per heavy atom. The molecular formula is C10H23NO. The fourth-order valence-electron chi connectivity index (χ4n) is 1.01. The summed E-state index contributed by atoms with van der Waals surface area (Å²) in [5.74, 6) is 0. The van der Waals surface area contributed by atoms with Gasteiger partial charge < -0.3 is 10.1 Å². The van der Waals surface area contributed by atoms with Crippen LogP contribution in [-0.4, -0.2) is 25.8 Å². The molecule has 0 saturated heterocycles. The molecular weight excluding hydrogens is 150 g/mol. The van der Waals surface area contributed by atoms with Crippen LogP contribution in [0.3, 0.4) is 0 Å². The molecule has 0 amide bonds. The van der Waals surface area contributed by atoms with E-state index in [9.17, 15) is 0 Å². The topological polar surface area (TPSA) is 21.3 Å². The molecule has 0 bridgehead atoms. The molecule has 2 nitrogen and oxygen atoms in total. The van der Waals surface area contributed by atoms with Crippen molar-refractivity contribution in [2.24, 2.45) is 0 Å². The number of methoxy groups -OCH3 is 1. The summed E-state index contributed by atoms with van der Waals surface area (Å²) in [5.41, 5.74) is 0.265. The molecule has 0 unspecified atom stereocenters. The van der Waals surface area contributed by atoms with Crippen molar-refractivity contribution in [2.45, 2.75) is 45.6 Å². The minimum atomic E-state index is 0.265. The molecule has 0 aliphatic rings. The van der Waals surface area contributed by atoms with E-state index in [-0.39, 0.29) is 5.54 Å². The third kappa shape index (κ3) is 9.92. The predicted molar refractivity (Wildman–Crippen MR) is 53.5 cm³/mol. The third-order valence-corrected chi connectivity index (χ3v) is 1.68. The van der Waals surface area contributed by atoms with Crippen LogP contribution in [0.2, 0.25) is 0 Å². The third-order valence-electron chi connectivity index (χ3n) is 1.68. The molecule has 0 aromatic rings. The van der Waals surface area contributed by atoms with Gasteiger partial charge in [0.05, 0.1) is 0 Å². The Labute approximate surface area is 76.7 Å². The van der Waals surface area contributed by atoms with Gasteiger partial charge in [0.2, 0.25) is 0 Å². The second-order valence-electron chi connectivity index (χ2n) is 4.23. The summed E-state index contributed by atoms with van der Waals surface area (Å²) in [4.78, 5) is 0. The molecule has 12 heavy (non-hydrogen) atoms. The molecule has 0 heterocycles. The summed E-state index contributed by atoms with van der Waals surface area (Å²) in [6.45, 7) is 8.61. The summed E-state index contributed by atoms with van der Waals surface area (Å²) < 4.78 is 4.97. The molecule has 0 atom stereocenters. The van der Waals surface area contributed by atoms with Crippen LogP contribution in [0.5, 0.6) is 0 Å². The van der Waals surface area contributed by atoms with E-state index in [4.69, 9.17) is 4.74 Å². The normalized spacial score (nSPS) is 12.0. The summed E-state index contributed by atoms with van der Waals surface area (Å²) >= 11 is 0. The van der Waals surface area contributed by atoms with Gasteiger partial charge in [0.25, 0.3) is 0 Å². The van der Waals surface area contributed by atoms with E-state index < -0.39 is 0 Å². The first kappa shape index (κ1) is 11.9. The molecule has 0 aliphatic heterocycles. The molecule has 0 spiro atoms. The van der Waals surface area contributed by atoms with Gasteiger partial charge in [0, 0.05) is 19.3 Å². The maximum Gasteiger partial charge on any atom is 0.0462 e. The van der Waals surface area contributed by atoms with E-state index in [0.29, 0.717) is 0 Å². The first-order valence-corrected chi connectivity index (χ1v) is 4.80. The van der Waals surface area contributed by atoms with Crippen LogP contribution in [0.4, 0.5) is 0 Å². The second-order valence-corrected chi connectivity index (χ2v) is 4.23. The molecule has 1 N–H and O–H groups in total. The summed E-state index contributed by atoms with van der Waals surface area (Å²) in [7, 11) is 1.76. The number of hydrogen-bond acceptors (Lipinski definition) is 2.